The molecule has 3 rings (SSSR count). The molecule has 0 N–H and O–H groups in total. The molecule has 1 aliphatic heterocycles. The first-order valence-electron chi connectivity index (χ1n) is 8.15. The minimum absolute atomic E-state index is 0.203. The Morgan fingerprint density at radius 1 is 1.19 bits per heavy atom. The van der Waals surface area contributed by atoms with Crippen molar-refractivity contribution in [2.75, 3.05) is 13.2 Å². The summed E-state index contributed by atoms with van der Waals surface area (Å²) in [6.45, 7) is 3.52. The van der Waals surface area contributed by atoms with Gasteiger partial charge in [-0.15, -0.1) is 0 Å². The molecule has 1 aromatic carbocycles. The minimum atomic E-state index is -0.598. The summed E-state index contributed by atoms with van der Waals surface area (Å²) < 4.78 is 6.74. The summed E-state index contributed by atoms with van der Waals surface area (Å²) in [7, 11) is 0. The van der Waals surface area contributed by atoms with Crippen molar-refractivity contribution in [3.8, 4) is 5.69 Å². The maximum Gasteiger partial charge on any atom is 0.326 e. The Balaban J connectivity index is 1.84. The van der Waals surface area contributed by atoms with Gasteiger partial charge in [-0.25, -0.2) is 0 Å². The first-order valence-corrected chi connectivity index (χ1v) is 8.96. The van der Waals surface area contributed by atoms with Crippen molar-refractivity contribution in [3.63, 3.8) is 0 Å². The van der Waals surface area contributed by atoms with E-state index >= 15 is 0 Å². The van der Waals surface area contributed by atoms with Crippen LogP contribution in [0.5, 0.6) is 0 Å². The second-order valence-electron chi connectivity index (χ2n) is 5.71. The van der Waals surface area contributed by atoms with Crippen molar-refractivity contribution in [1.82, 2.24) is 9.47 Å². The van der Waals surface area contributed by atoms with Crippen LogP contribution in [-0.4, -0.2) is 39.7 Å². The van der Waals surface area contributed by atoms with Gasteiger partial charge >= 0.3 is 5.97 Å². The average Bonchev–Trinajstić information content (AvgIpc) is 3.16. The highest BCUT2D eigenvalue weighted by Gasteiger charge is 2.36. The highest BCUT2D eigenvalue weighted by atomic mass is 32.2. The smallest absolute Gasteiger partial charge is 0.326 e. The molecule has 1 fully saturated rings. The molecule has 2 aromatic rings. The summed E-state index contributed by atoms with van der Waals surface area (Å²) in [4.78, 5) is 37.3. The summed E-state index contributed by atoms with van der Waals surface area (Å²) in [6, 6.07) is 11.7. The van der Waals surface area contributed by atoms with Crippen molar-refractivity contribution in [2.24, 2.45) is 0 Å². The molecular formula is C19H18N2O4S. The molecule has 0 spiro atoms. The van der Waals surface area contributed by atoms with E-state index in [0.717, 1.165) is 33.6 Å². The zero-order valence-electron chi connectivity index (χ0n) is 14.5. The number of ether oxygens (including phenoxy) is 1. The maximum absolute atomic E-state index is 12.5. The Kier molecular flexibility index (Phi) is 5.27. The molecule has 1 aliphatic rings. The van der Waals surface area contributed by atoms with Gasteiger partial charge in [0.1, 0.15) is 6.54 Å². The van der Waals surface area contributed by atoms with Gasteiger partial charge in [0.15, 0.2) is 0 Å². The predicted molar refractivity (Wildman–Crippen MR) is 99.8 cm³/mol. The highest BCUT2D eigenvalue weighted by molar-refractivity contribution is 8.18. The van der Waals surface area contributed by atoms with Gasteiger partial charge in [-0.1, -0.05) is 17.7 Å². The highest BCUT2D eigenvalue weighted by Crippen LogP contribution is 2.32. The molecule has 2 amide bonds. The molecule has 0 unspecified atom stereocenters. The molecule has 0 bridgehead atoms. The lowest BCUT2D eigenvalue weighted by atomic mass is 10.2. The van der Waals surface area contributed by atoms with Crippen LogP contribution in [0.25, 0.3) is 11.8 Å². The number of benzene rings is 1. The lowest BCUT2D eigenvalue weighted by Gasteiger charge is -2.11. The topological polar surface area (TPSA) is 68.6 Å². The maximum atomic E-state index is 12.5. The van der Waals surface area contributed by atoms with E-state index in [1.165, 1.54) is 0 Å². The minimum Gasteiger partial charge on any atom is -0.465 e. The number of aryl methyl sites for hydroxylation is 1. The third-order valence-electron chi connectivity index (χ3n) is 3.84. The number of hydrogen-bond donors (Lipinski definition) is 0. The summed E-state index contributed by atoms with van der Waals surface area (Å²) in [5.41, 5.74) is 2.88. The van der Waals surface area contributed by atoms with Gasteiger partial charge in [0.05, 0.1) is 11.5 Å². The number of amides is 2. The van der Waals surface area contributed by atoms with Crippen LogP contribution >= 0.6 is 11.8 Å². The number of nitrogens with zero attached hydrogens (tertiary/aromatic N) is 2. The van der Waals surface area contributed by atoms with E-state index in [1.54, 1.807) is 13.0 Å². The van der Waals surface area contributed by atoms with Crippen LogP contribution in [0.4, 0.5) is 4.79 Å². The zero-order valence-corrected chi connectivity index (χ0v) is 15.3. The van der Waals surface area contributed by atoms with Crippen molar-refractivity contribution in [3.05, 3.63) is 58.8 Å². The van der Waals surface area contributed by atoms with Crippen LogP contribution < -0.4 is 0 Å². The largest absolute Gasteiger partial charge is 0.465 e. The third kappa shape index (κ3) is 3.72. The van der Waals surface area contributed by atoms with Gasteiger partial charge in [0.25, 0.3) is 11.1 Å². The molecule has 7 heteroatoms. The van der Waals surface area contributed by atoms with Crippen molar-refractivity contribution in [1.29, 1.82) is 0 Å². The van der Waals surface area contributed by atoms with E-state index in [2.05, 4.69) is 0 Å². The van der Waals surface area contributed by atoms with Crippen LogP contribution in [0.15, 0.2) is 47.5 Å². The summed E-state index contributed by atoms with van der Waals surface area (Å²) >= 11 is 0.824. The molecule has 1 aromatic heterocycles. The SMILES string of the molecule is CCOC(=O)CN1C(=O)S/C(=C/c2cccn2-c2ccc(C)cc2)C1=O. The Labute approximate surface area is 155 Å². The second-order valence-corrected chi connectivity index (χ2v) is 6.70. The van der Waals surface area contributed by atoms with Crippen molar-refractivity contribution in [2.45, 2.75) is 13.8 Å². The van der Waals surface area contributed by atoms with E-state index in [1.807, 2.05) is 54.1 Å². The Hall–Kier alpha value is -2.80. The normalized spacial score (nSPS) is 15.8. The van der Waals surface area contributed by atoms with Crippen LogP contribution in [0.1, 0.15) is 18.2 Å². The Morgan fingerprint density at radius 3 is 2.62 bits per heavy atom. The Bertz CT molecular complexity index is 883. The zero-order chi connectivity index (χ0) is 18.7. The number of esters is 1. The fourth-order valence-electron chi connectivity index (χ4n) is 2.56. The molecule has 6 nitrogen and oxygen atoms in total. The van der Waals surface area contributed by atoms with Gasteiger partial charge in [-0.2, -0.15) is 0 Å². The van der Waals surface area contributed by atoms with Crippen molar-refractivity contribution >= 4 is 35.0 Å². The first kappa shape index (κ1) is 18.0. The molecule has 0 radical (unpaired) electrons. The van der Waals surface area contributed by atoms with Gasteiger partial charge in [0, 0.05) is 17.6 Å². The lowest BCUT2D eigenvalue weighted by molar-refractivity contribution is -0.145. The molecule has 134 valence electrons. The number of imide groups is 1. The van der Waals surface area contributed by atoms with E-state index in [0.29, 0.717) is 0 Å². The predicted octanol–water partition coefficient (Wildman–Crippen LogP) is 3.39. The second kappa shape index (κ2) is 7.61. The number of rotatable bonds is 5. The van der Waals surface area contributed by atoms with Crippen LogP contribution in [0, 0.1) is 6.92 Å². The Morgan fingerprint density at radius 2 is 1.92 bits per heavy atom. The number of carbonyl (C=O) groups is 3. The van der Waals surface area contributed by atoms with Gasteiger partial charge in [-0.05, 0) is 56.0 Å². The fourth-order valence-corrected chi connectivity index (χ4v) is 3.38. The summed E-state index contributed by atoms with van der Waals surface area (Å²) in [5.74, 6) is -1.08. The first-order chi connectivity index (χ1) is 12.5. The molecule has 0 aliphatic carbocycles. The van der Waals surface area contributed by atoms with Gasteiger partial charge in [-0.3, -0.25) is 19.3 Å². The van der Waals surface area contributed by atoms with E-state index in [9.17, 15) is 14.4 Å². The van der Waals surface area contributed by atoms with E-state index in [-0.39, 0.29) is 18.1 Å². The van der Waals surface area contributed by atoms with Gasteiger partial charge in [0.2, 0.25) is 0 Å². The van der Waals surface area contributed by atoms with Crippen molar-refractivity contribution < 1.29 is 19.1 Å². The molecule has 26 heavy (non-hydrogen) atoms. The molecule has 1 saturated heterocycles. The number of thioether (sulfide) groups is 1. The summed E-state index contributed by atoms with van der Waals surface area (Å²) in [6.07, 6.45) is 3.55. The molecular weight excluding hydrogens is 352 g/mol. The molecule has 0 saturated carbocycles. The fraction of sp³-hybridized carbons (Fsp3) is 0.211. The van der Waals surface area contributed by atoms with Gasteiger partial charge < -0.3 is 9.30 Å². The lowest BCUT2D eigenvalue weighted by Crippen LogP contribution is -2.34. The van der Waals surface area contributed by atoms with Crippen LogP contribution in [0.3, 0.4) is 0 Å². The average molecular weight is 370 g/mol. The van der Waals surface area contributed by atoms with Crippen LogP contribution in [0.2, 0.25) is 0 Å². The quantitative estimate of drug-likeness (QED) is 0.596. The van der Waals surface area contributed by atoms with E-state index < -0.39 is 17.1 Å². The summed E-state index contributed by atoms with van der Waals surface area (Å²) in [5, 5.41) is -0.470. The number of carbonyl (C=O) groups excluding carboxylic acids is 3. The third-order valence-corrected chi connectivity index (χ3v) is 4.74. The van der Waals surface area contributed by atoms with Crippen LogP contribution in [-0.2, 0) is 14.3 Å². The molecule has 0 atom stereocenters. The standard InChI is InChI=1S/C19H18N2O4S/c1-3-25-17(22)12-21-18(23)16(26-19(21)24)11-15-5-4-10-20(15)14-8-6-13(2)7-9-14/h4-11H,3,12H2,1-2H3/b16-11+. The number of aromatic nitrogens is 1. The number of hydrogen-bond acceptors (Lipinski definition) is 5. The molecule has 2 heterocycles. The monoisotopic (exact) mass is 370 g/mol. The van der Waals surface area contributed by atoms with E-state index in [4.69, 9.17) is 4.74 Å².